The zero-order chi connectivity index (χ0) is 18.9. The second-order valence-corrected chi connectivity index (χ2v) is 9.57. The smallest absolute Gasteiger partial charge is 0.251 e. The molecule has 3 rings (SSSR count). The van der Waals surface area contributed by atoms with Crippen LogP contribution in [0.25, 0.3) is 0 Å². The van der Waals surface area contributed by atoms with Crippen molar-refractivity contribution in [2.75, 3.05) is 16.7 Å². The quantitative estimate of drug-likeness (QED) is 0.799. The Morgan fingerprint density at radius 2 is 2.00 bits per heavy atom. The van der Waals surface area contributed by atoms with E-state index < -0.39 is 10.0 Å². The number of rotatable bonds is 4. The summed E-state index contributed by atoms with van der Waals surface area (Å²) in [5.74, 6) is 0.665. The lowest BCUT2D eigenvalue weighted by Crippen LogP contribution is -2.30. The van der Waals surface area contributed by atoms with Crippen molar-refractivity contribution < 1.29 is 13.2 Å². The summed E-state index contributed by atoms with van der Waals surface area (Å²) in [6, 6.07) is 10.6. The van der Waals surface area contributed by atoms with Gasteiger partial charge in [-0.3, -0.25) is 9.52 Å². The maximum absolute atomic E-state index is 12.7. The van der Waals surface area contributed by atoms with Crippen molar-refractivity contribution >= 4 is 45.0 Å². The Labute approximate surface area is 162 Å². The molecule has 0 fully saturated rings. The SMILES string of the molecule is Cc1ccc(C(=O)N[C@H]2CCSc3ccc(Cl)cc32)cc1NS(C)(=O)=O. The normalized spacial score (nSPS) is 16.7. The van der Waals surface area contributed by atoms with Crippen molar-refractivity contribution in [2.24, 2.45) is 0 Å². The number of carbonyl (C=O) groups is 1. The molecular formula is C18H19ClN2O3S2. The second-order valence-electron chi connectivity index (χ2n) is 6.25. The first kappa shape index (κ1) is 19.1. The minimum Gasteiger partial charge on any atom is -0.345 e. The van der Waals surface area contributed by atoms with Gasteiger partial charge in [0.2, 0.25) is 10.0 Å². The van der Waals surface area contributed by atoms with Gasteiger partial charge < -0.3 is 5.32 Å². The van der Waals surface area contributed by atoms with E-state index in [9.17, 15) is 13.2 Å². The van der Waals surface area contributed by atoms with Gasteiger partial charge in [0.1, 0.15) is 0 Å². The maximum atomic E-state index is 12.7. The molecule has 1 heterocycles. The summed E-state index contributed by atoms with van der Waals surface area (Å²) in [6.45, 7) is 1.78. The molecule has 26 heavy (non-hydrogen) atoms. The van der Waals surface area contributed by atoms with Crippen LogP contribution in [0.2, 0.25) is 5.02 Å². The fraction of sp³-hybridized carbons (Fsp3) is 0.278. The zero-order valence-corrected chi connectivity index (χ0v) is 16.8. The lowest BCUT2D eigenvalue weighted by Gasteiger charge is -2.26. The van der Waals surface area contributed by atoms with Crippen molar-refractivity contribution in [3.05, 3.63) is 58.1 Å². The van der Waals surface area contributed by atoms with Crippen LogP contribution in [-0.4, -0.2) is 26.3 Å². The number of amides is 1. The molecule has 2 aromatic carbocycles. The first-order valence-corrected chi connectivity index (χ1v) is 11.3. The molecule has 2 N–H and O–H groups in total. The van der Waals surface area contributed by atoms with Crippen LogP contribution < -0.4 is 10.0 Å². The minimum atomic E-state index is -3.41. The van der Waals surface area contributed by atoms with Gasteiger partial charge in [0, 0.05) is 21.2 Å². The largest absolute Gasteiger partial charge is 0.345 e. The molecule has 8 heteroatoms. The highest BCUT2D eigenvalue weighted by Crippen LogP contribution is 2.37. The highest BCUT2D eigenvalue weighted by Gasteiger charge is 2.23. The fourth-order valence-electron chi connectivity index (χ4n) is 2.83. The molecular weight excluding hydrogens is 392 g/mol. The average Bonchev–Trinajstić information content (AvgIpc) is 2.56. The minimum absolute atomic E-state index is 0.120. The lowest BCUT2D eigenvalue weighted by atomic mass is 10.0. The molecule has 0 aromatic heterocycles. The van der Waals surface area contributed by atoms with Crippen LogP contribution in [-0.2, 0) is 10.0 Å². The van der Waals surface area contributed by atoms with E-state index in [1.54, 1.807) is 36.9 Å². The third-order valence-electron chi connectivity index (χ3n) is 4.11. The first-order chi connectivity index (χ1) is 12.2. The van der Waals surface area contributed by atoms with E-state index in [1.807, 2.05) is 18.2 Å². The van der Waals surface area contributed by atoms with Gasteiger partial charge in [0.15, 0.2) is 0 Å². The maximum Gasteiger partial charge on any atom is 0.251 e. The summed E-state index contributed by atoms with van der Waals surface area (Å²) in [5.41, 5.74) is 2.58. The number of nitrogens with one attached hydrogen (secondary N) is 2. The van der Waals surface area contributed by atoms with Crippen molar-refractivity contribution in [2.45, 2.75) is 24.3 Å². The number of benzene rings is 2. The zero-order valence-electron chi connectivity index (χ0n) is 14.4. The molecule has 2 aromatic rings. The molecule has 138 valence electrons. The van der Waals surface area contributed by atoms with Gasteiger partial charge in [0.05, 0.1) is 18.0 Å². The van der Waals surface area contributed by atoms with Crippen LogP contribution in [0.4, 0.5) is 5.69 Å². The summed E-state index contributed by atoms with van der Waals surface area (Å²) >= 11 is 7.86. The van der Waals surface area contributed by atoms with Gasteiger partial charge in [-0.15, -0.1) is 11.8 Å². The summed E-state index contributed by atoms with van der Waals surface area (Å²) in [5, 5.41) is 3.68. The highest BCUT2D eigenvalue weighted by molar-refractivity contribution is 7.99. The first-order valence-electron chi connectivity index (χ1n) is 8.04. The van der Waals surface area contributed by atoms with Crippen LogP contribution in [0.5, 0.6) is 0 Å². The Morgan fingerprint density at radius 1 is 1.23 bits per heavy atom. The third kappa shape index (κ3) is 4.52. The van der Waals surface area contributed by atoms with Crippen molar-refractivity contribution in [1.82, 2.24) is 5.32 Å². The molecule has 1 atom stereocenters. The molecule has 0 spiro atoms. The monoisotopic (exact) mass is 410 g/mol. The molecule has 0 radical (unpaired) electrons. The number of anilines is 1. The summed E-state index contributed by atoms with van der Waals surface area (Å²) < 4.78 is 25.4. The van der Waals surface area contributed by atoms with Crippen LogP contribution in [0.1, 0.15) is 33.9 Å². The van der Waals surface area contributed by atoms with Crippen LogP contribution >= 0.6 is 23.4 Å². The molecule has 0 unspecified atom stereocenters. The molecule has 0 bridgehead atoms. The van der Waals surface area contributed by atoms with Crippen molar-refractivity contribution in [1.29, 1.82) is 0 Å². The van der Waals surface area contributed by atoms with E-state index in [0.29, 0.717) is 16.3 Å². The Bertz CT molecular complexity index is 961. The molecule has 0 saturated heterocycles. The molecule has 1 aliphatic heterocycles. The Balaban J connectivity index is 1.84. The number of carbonyl (C=O) groups excluding carboxylic acids is 1. The van der Waals surface area contributed by atoms with Crippen LogP contribution in [0.15, 0.2) is 41.3 Å². The summed E-state index contributed by atoms with van der Waals surface area (Å²) in [6.07, 6.45) is 1.89. The number of halogens is 1. The van der Waals surface area contributed by atoms with Gasteiger partial charge in [-0.25, -0.2) is 8.42 Å². The second kappa shape index (κ2) is 7.50. The third-order valence-corrected chi connectivity index (χ3v) is 6.06. The standard InChI is InChI=1S/C18H19ClN2O3S2/c1-11-3-4-12(9-16(11)21-26(2,23)24)18(22)20-15-7-8-25-17-6-5-13(19)10-14(15)17/h3-6,9-10,15,21H,7-8H2,1-2H3,(H,20,22)/t15-/m0/s1. The van der Waals surface area contributed by atoms with Gasteiger partial charge in [-0.1, -0.05) is 17.7 Å². The molecule has 1 aliphatic rings. The van der Waals surface area contributed by atoms with Gasteiger partial charge in [0.25, 0.3) is 5.91 Å². The van der Waals surface area contributed by atoms with E-state index >= 15 is 0 Å². The van der Waals surface area contributed by atoms with Crippen molar-refractivity contribution in [3.8, 4) is 0 Å². The van der Waals surface area contributed by atoms with E-state index in [-0.39, 0.29) is 11.9 Å². The number of sulfonamides is 1. The predicted molar refractivity (Wildman–Crippen MR) is 107 cm³/mol. The average molecular weight is 411 g/mol. The topological polar surface area (TPSA) is 75.3 Å². The van der Waals surface area contributed by atoms with Crippen molar-refractivity contribution in [3.63, 3.8) is 0 Å². The van der Waals surface area contributed by atoms with Gasteiger partial charge in [-0.05, 0) is 54.8 Å². The van der Waals surface area contributed by atoms with Crippen LogP contribution in [0, 0.1) is 6.92 Å². The Hall–Kier alpha value is -1.70. The number of hydrogen-bond acceptors (Lipinski definition) is 4. The van der Waals surface area contributed by atoms with E-state index in [2.05, 4.69) is 10.0 Å². The van der Waals surface area contributed by atoms with E-state index in [0.717, 1.165) is 34.5 Å². The van der Waals surface area contributed by atoms with E-state index in [4.69, 9.17) is 11.6 Å². The number of hydrogen-bond donors (Lipinski definition) is 2. The Kier molecular flexibility index (Phi) is 5.50. The molecule has 0 saturated carbocycles. The summed E-state index contributed by atoms with van der Waals surface area (Å²) in [7, 11) is -3.41. The van der Waals surface area contributed by atoms with E-state index in [1.165, 1.54) is 0 Å². The number of fused-ring (bicyclic) bond motifs is 1. The van der Waals surface area contributed by atoms with Gasteiger partial charge >= 0.3 is 0 Å². The van der Waals surface area contributed by atoms with Gasteiger partial charge in [-0.2, -0.15) is 0 Å². The molecule has 0 aliphatic carbocycles. The molecule has 1 amide bonds. The fourth-order valence-corrected chi connectivity index (χ4v) is 4.74. The molecule has 5 nitrogen and oxygen atoms in total. The predicted octanol–water partition coefficient (Wildman–Crippen LogP) is 3.99. The van der Waals surface area contributed by atoms with Crippen LogP contribution in [0.3, 0.4) is 0 Å². The number of thioether (sulfide) groups is 1. The lowest BCUT2D eigenvalue weighted by molar-refractivity contribution is 0.0935. The Morgan fingerprint density at radius 3 is 2.73 bits per heavy atom. The summed E-state index contributed by atoms with van der Waals surface area (Å²) in [4.78, 5) is 13.8. The number of aryl methyl sites for hydroxylation is 1. The highest BCUT2D eigenvalue weighted by atomic mass is 35.5.